The summed E-state index contributed by atoms with van der Waals surface area (Å²) in [6, 6.07) is 6.77. The number of aromatic nitrogens is 3. The Balaban J connectivity index is 1.76. The maximum absolute atomic E-state index is 13.7. The molecule has 1 aromatic carbocycles. The Labute approximate surface area is 136 Å². The quantitative estimate of drug-likeness (QED) is 0.722. The first kappa shape index (κ1) is 15.0. The lowest BCUT2D eigenvalue weighted by atomic mass is 9.98. The van der Waals surface area contributed by atoms with Crippen molar-refractivity contribution in [2.24, 2.45) is 0 Å². The number of rotatable bonds is 3. The summed E-state index contributed by atoms with van der Waals surface area (Å²) in [5, 5.41) is 4.10. The van der Waals surface area contributed by atoms with Gasteiger partial charge in [0.15, 0.2) is 5.65 Å². The molecule has 1 aliphatic rings. The van der Waals surface area contributed by atoms with E-state index in [0.29, 0.717) is 30.0 Å². The van der Waals surface area contributed by atoms with Crippen LogP contribution in [0.2, 0.25) is 0 Å². The van der Waals surface area contributed by atoms with Gasteiger partial charge in [-0.2, -0.15) is 5.10 Å². The molecular formula is C17H15F3N4. The molecule has 3 aromatic rings. The third kappa shape index (κ3) is 2.50. The van der Waals surface area contributed by atoms with Gasteiger partial charge in [0, 0.05) is 24.4 Å². The zero-order valence-electron chi connectivity index (χ0n) is 12.7. The highest BCUT2D eigenvalue weighted by atomic mass is 19.3. The fourth-order valence-electron chi connectivity index (χ4n) is 3.36. The van der Waals surface area contributed by atoms with Gasteiger partial charge < -0.3 is 4.90 Å². The van der Waals surface area contributed by atoms with Crippen LogP contribution in [0.4, 0.5) is 19.0 Å². The molecule has 1 atom stereocenters. The standard InChI is InChI=1S/C17H15F3N4/c18-11-3-4-12(17(19)20)13(10-11)14-2-1-8-23(14)15-6-9-24-16(22-15)5-7-21-24/h3-7,9-10,14,17H,1-2,8H2. The smallest absolute Gasteiger partial charge is 0.264 e. The molecule has 0 radical (unpaired) electrons. The van der Waals surface area contributed by atoms with Crippen LogP contribution < -0.4 is 4.90 Å². The molecule has 1 fully saturated rings. The van der Waals surface area contributed by atoms with Crippen LogP contribution in [-0.2, 0) is 0 Å². The number of nitrogens with zero attached hydrogens (tertiary/aromatic N) is 4. The molecule has 124 valence electrons. The van der Waals surface area contributed by atoms with Crippen LogP contribution >= 0.6 is 0 Å². The highest BCUT2D eigenvalue weighted by Gasteiger charge is 2.31. The second-order valence-corrected chi connectivity index (χ2v) is 5.85. The zero-order chi connectivity index (χ0) is 16.7. The Bertz CT molecular complexity index is 877. The van der Waals surface area contributed by atoms with Crippen LogP contribution in [0.25, 0.3) is 5.65 Å². The van der Waals surface area contributed by atoms with Crippen molar-refractivity contribution in [2.45, 2.75) is 25.3 Å². The minimum atomic E-state index is -2.63. The van der Waals surface area contributed by atoms with Crippen molar-refractivity contribution in [3.8, 4) is 0 Å². The van der Waals surface area contributed by atoms with Crippen LogP contribution in [0.3, 0.4) is 0 Å². The van der Waals surface area contributed by atoms with Crippen molar-refractivity contribution >= 4 is 11.5 Å². The van der Waals surface area contributed by atoms with Crippen LogP contribution in [0.15, 0.2) is 42.7 Å². The first-order valence-corrected chi connectivity index (χ1v) is 7.78. The molecule has 1 saturated heterocycles. The van der Waals surface area contributed by atoms with E-state index in [2.05, 4.69) is 10.1 Å². The van der Waals surface area contributed by atoms with Gasteiger partial charge in [-0.1, -0.05) is 6.07 Å². The summed E-state index contributed by atoms with van der Waals surface area (Å²) in [6.07, 6.45) is 2.33. The van der Waals surface area contributed by atoms with Crippen molar-refractivity contribution in [1.82, 2.24) is 14.6 Å². The van der Waals surface area contributed by atoms with Crippen LogP contribution in [0.5, 0.6) is 0 Å². The number of halogens is 3. The van der Waals surface area contributed by atoms with Crippen molar-refractivity contribution in [1.29, 1.82) is 0 Å². The van der Waals surface area contributed by atoms with E-state index >= 15 is 0 Å². The highest BCUT2D eigenvalue weighted by molar-refractivity contribution is 5.51. The van der Waals surface area contributed by atoms with Gasteiger partial charge in [-0.25, -0.2) is 22.7 Å². The van der Waals surface area contributed by atoms with E-state index in [0.717, 1.165) is 12.5 Å². The molecule has 24 heavy (non-hydrogen) atoms. The summed E-state index contributed by atoms with van der Waals surface area (Å²) in [5.41, 5.74) is 0.919. The number of fused-ring (bicyclic) bond motifs is 1. The fraction of sp³-hybridized carbons (Fsp3) is 0.294. The van der Waals surface area contributed by atoms with Gasteiger partial charge in [-0.15, -0.1) is 0 Å². The van der Waals surface area contributed by atoms with E-state index in [1.54, 1.807) is 29.0 Å². The molecule has 2 aromatic heterocycles. The Morgan fingerprint density at radius 2 is 2.04 bits per heavy atom. The van der Waals surface area contributed by atoms with Gasteiger partial charge in [0.25, 0.3) is 6.43 Å². The molecule has 1 aliphatic heterocycles. The van der Waals surface area contributed by atoms with E-state index in [4.69, 9.17) is 0 Å². The topological polar surface area (TPSA) is 33.4 Å². The number of hydrogen-bond donors (Lipinski definition) is 0. The molecule has 3 heterocycles. The minimum Gasteiger partial charge on any atom is -0.349 e. The summed E-state index contributed by atoms with van der Waals surface area (Å²) in [7, 11) is 0. The van der Waals surface area contributed by atoms with Crippen LogP contribution in [-0.4, -0.2) is 21.1 Å². The van der Waals surface area contributed by atoms with Crippen LogP contribution in [0.1, 0.15) is 36.4 Å². The van der Waals surface area contributed by atoms with Gasteiger partial charge in [0.2, 0.25) is 0 Å². The zero-order valence-corrected chi connectivity index (χ0v) is 12.7. The molecule has 0 amide bonds. The molecular weight excluding hydrogens is 317 g/mol. The Kier molecular flexibility index (Phi) is 3.63. The normalized spacial score (nSPS) is 18.0. The first-order valence-electron chi connectivity index (χ1n) is 7.78. The Morgan fingerprint density at radius 1 is 1.17 bits per heavy atom. The Hall–Kier alpha value is -2.57. The number of benzene rings is 1. The van der Waals surface area contributed by atoms with Crippen LogP contribution in [0, 0.1) is 5.82 Å². The predicted molar refractivity (Wildman–Crippen MR) is 83.7 cm³/mol. The average Bonchev–Trinajstić information content (AvgIpc) is 3.22. The summed E-state index contributed by atoms with van der Waals surface area (Å²) < 4.78 is 42.0. The lowest BCUT2D eigenvalue weighted by Gasteiger charge is -2.27. The van der Waals surface area contributed by atoms with Gasteiger partial charge in [-0.05, 0) is 36.6 Å². The summed E-state index contributed by atoms with van der Waals surface area (Å²) in [6.45, 7) is 0.696. The van der Waals surface area contributed by atoms with Gasteiger partial charge >= 0.3 is 0 Å². The second-order valence-electron chi connectivity index (χ2n) is 5.85. The fourth-order valence-corrected chi connectivity index (χ4v) is 3.36. The monoisotopic (exact) mass is 332 g/mol. The second kappa shape index (κ2) is 5.81. The van der Waals surface area contributed by atoms with E-state index in [1.807, 2.05) is 4.90 Å². The van der Waals surface area contributed by atoms with Crippen molar-refractivity contribution in [3.63, 3.8) is 0 Å². The molecule has 0 N–H and O–H groups in total. The third-order valence-electron chi connectivity index (χ3n) is 4.43. The van der Waals surface area contributed by atoms with E-state index in [9.17, 15) is 13.2 Å². The third-order valence-corrected chi connectivity index (χ3v) is 4.43. The molecule has 0 saturated carbocycles. The molecule has 4 rings (SSSR count). The maximum Gasteiger partial charge on any atom is 0.264 e. The SMILES string of the molecule is Fc1ccc(C(F)F)c(C2CCCN2c2ccn3nccc3n2)c1. The lowest BCUT2D eigenvalue weighted by molar-refractivity contribution is 0.149. The van der Waals surface area contributed by atoms with E-state index < -0.39 is 12.2 Å². The van der Waals surface area contributed by atoms with E-state index in [-0.39, 0.29) is 11.6 Å². The molecule has 0 aliphatic carbocycles. The van der Waals surface area contributed by atoms with Crippen molar-refractivity contribution in [3.05, 3.63) is 59.7 Å². The summed E-state index contributed by atoms with van der Waals surface area (Å²) >= 11 is 0. The van der Waals surface area contributed by atoms with Crippen molar-refractivity contribution < 1.29 is 13.2 Å². The molecule has 0 bridgehead atoms. The highest BCUT2D eigenvalue weighted by Crippen LogP contribution is 2.39. The van der Waals surface area contributed by atoms with Gasteiger partial charge in [0.05, 0.1) is 12.2 Å². The van der Waals surface area contributed by atoms with Gasteiger partial charge in [0.1, 0.15) is 11.6 Å². The number of hydrogen-bond acceptors (Lipinski definition) is 3. The average molecular weight is 332 g/mol. The van der Waals surface area contributed by atoms with Crippen molar-refractivity contribution in [2.75, 3.05) is 11.4 Å². The molecule has 4 nitrogen and oxygen atoms in total. The van der Waals surface area contributed by atoms with E-state index in [1.165, 1.54) is 12.1 Å². The molecule has 1 unspecified atom stereocenters. The Morgan fingerprint density at radius 3 is 2.88 bits per heavy atom. The summed E-state index contributed by atoms with van der Waals surface area (Å²) in [4.78, 5) is 6.50. The lowest BCUT2D eigenvalue weighted by Crippen LogP contribution is -2.24. The first-order chi connectivity index (χ1) is 11.6. The number of alkyl halides is 2. The summed E-state index contributed by atoms with van der Waals surface area (Å²) in [5.74, 6) is 0.190. The largest absolute Gasteiger partial charge is 0.349 e. The van der Waals surface area contributed by atoms with Gasteiger partial charge in [-0.3, -0.25) is 0 Å². The molecule has 0 spiro atoms. The predicted octanol–water partition coefficient (Wildman–Crippen LogP) is 4.15. The minimum absolute atomic E-state index is 0.112. The maximum atomic E-state index is 13.7. The molecule has 7 heteroatoms. The number of anilines is 1.